The molecular weight excluding hydrogens is 352 g/mol. The van der Waals surface area contributed by atoms with Gasteiger partial charge in [0, 0.05) is 0 Å². The predicted octanol–water partition coefficient (Wildman–Crippen LogP) is 5.05. The number of rotatable bonds is 9. The molecule has 0 aromatic heterocycles. The van der Waals surface area contributed by atoms with Crippen LogP contribution in [0.1, 0.15) is 35.1 Å². The molecule has 146 valence electrons. The second-order valence-corrected chi connectivity index (χ2v) is 6.63. The van der Waals surface area contributed by atoms with Crippen molar-refractivity contribution >= 4 is 11.9 Å². The minimum absolute atomic E-state index is 0.0414. The van der Waals surface area contributed by atoms with E-state index in [1.165, 1.54) is 0 Å². The summed E-state index contributed by atoms with van der Waals surface area (Å²) in [5.41, 5.74) is 3.94. The van der Waals surface area contributed by atoms with Crippen molar-refractivity contribution in [1.82, 2.24) is 0 Å². The van der Waals surface area contributed by atoms with Gasteiger partial charge in [-0.2, -0.15) is 0 Å². The molecule has 0 fully saturated rings. The molecule has 0 saturated heterocycles. The maximum absolute atomic E-state index is 12.1. The van der Waals surface area contributed by atoms with E-state index in [0.29, 0.717) is 11.5 Å². The Balaban J connectivity index is 1.86. The molecule has 0 N–H and O–H groups in total. The summed E-state index contributed by atoms with van der Waals surface area (Å²) >= 11 is 0. The highest BCUT2D eigenvalue weighted by Crippen LogP contribution is 2.22. The Labute approximate surface area is 166 Å². The lowest BCUT2D eigenvalue weighted by molar-refractivity contribution is -0.140. The van der Waals surface area contributed by atoms with Crippen molar-refractivity contribution in [3.63, 3.8) is 0 Å². The topological polar surface area (TPSA) is 52.6 Å². The van der Waals surface area contributed by atoms with Crippen LogP contribution in [-0.2, 0) is 22.4 Å². The van der Waals surface area contributed by atoms with E-state index in [2.05, 4.69) is 13.2 Å². The first-order valence-electron chi connectivity index (χ1n) is 9.25. The Morgan fingerprint density at radius 2 is 1.18 bits per heavy atom. The summed E-state index contributed by atoms with van der Waals surface area (Å²) < 4.78 is 10.7. The smallest absolute Gasteiger partial charge is 0.311 e. The minimum Gasteiger partial charge on any atom is -0.426 e. The molecule has 0 bridgehead atoms. The first-order valence-corrected chi connectivity index (χ1v) is 9.25. The Hall–Kier alpha value is -3.14. The number of ether oxygens (including phenoxy) is 2. The third-order valence-electron chi connectivity index (χ3n) is 4.22. The Bertz CT molecular complexity index is 807. The van der Waals surface area contributed by atoms with Gasteiger partial charge in [0.05, 0.1) is 12.8 Å². The minimum atomic E-state index is -0.463. The van der Waals surface area contributed by atoms with E-state index >= 15 is 0 Å². The zero-order valence-electron chi connectivity index (χ0n) is 16.5. The van der Waals surface area contributed by atoms with Gasteiger partial charge in [0.25, 0.3) is 0 Å². The van der Waals surface area contributed by atoms with Crippen LogP contribution in [0, 0.1) is 13.8 Å². The largest absolute Gasteiger partial charge is 0.426 e. The Morgan fingerprint density at radius 1 is 0.786 bits per heavy atom. The van der Waals surface area contributed by atoms with Crippen molar-refractivity contribution in [3.05, 3.63) is 84.0 Å². The maximum atomic E-state index is 12.1. The molecule has 0 unspecified atom stereocenters. The number of allylic oxidation sites excluding steroid dienone is 2. The zero-order valence-corrected chi connectivity index (χ0v) is 16.5. The van der Waals surface area contributed by atoms with Crippen molar-refractivity contribution in [2.75, 3.05) is 0 Å². The number of hydrogen-bond acceptors (Lipinski definition) is 4. The molecule has 4 heteroatoms. The van der Waals surface area contributed by atoms with E-state index in [4.69, 9.17) is 9.47 Å². The summed E-state index contributed by atoms with van der Waals surface area (Å²) in [4.78, 5) is 24.1. The highest BCUT2D eigenvalue weighted by molar-refractivity contribution is 5.80. The lowest BCUT2D eigenvalue weighted by atomic mass is 10.1. The van der Waals surface area contributed by atoms with Crippen molar-refractivity contribution in [1.29, 1.82) is 0 Å². The van der Waals surface area contributed by atoms with E-state index in [9.17, 15) is 9.59 Å². The average Bonchev–Trinajstić information content (AvgIpc) is 2.65. The average molecular weight is 378 g/mol. The first-order chi connectivity index (χ1) is 13.4. The lowest BCUT2D eigenvalue weighted by Crippen LogP contribution is -2.15. The summed E-state index contributed by atoms with van der Waals surface area (Å²) in [5.74, 6) is 0.0730. The van der Waals surface area contributed by atoms with Crippen LogP contribution < -0.4 is 9.47 Å². The molecule has 0 radical (unpaired) electrons. The molecule has 0 aliphatic rings. The van der Waals surface area contributed by atoms with Crippen molar-refractivity contribution in [3.8, 4) is 11.5 Å². The fraction of sp³-hybridized carbons (Fsp3) is 0.250. The van der Waals surface area contributed by atoms with Crippen LogP contribution in [0.4, 0.5) is 0 Å². The van der Waals surface area contributed by atoms with Crippen molar-refractivity contribution in [2.24, 2.45) is 0 Å². The second-order valence-electron chi connectivity index (χ2n) is 6.63. The summed E-state index contributed by atoms with van der Waals surface area (Å²) in [5, 5.41) is 0. The predicted molar refractivity (Wildman–Crippen MR) is 111 cm³/mol. The maximum Gasteiger partial charge on any atom is 0.311 e. The quantitative estimate of drug-likeness (QED) is 0.348. The lowest BCUT2D eigenvalue weighted by Gasteiger charge is -2.10. The molecular formula is C24H26O4. The van der Waals surface area contributed by atoms with Crippen LogP contribution in [0.15, 0.2) is 61.7 Å². The van der Waals surface area contributed by atoms with Gasteiger partial charge in [0.2, 0.25) is 0 Å². The third kappa shape index (κ3) is 6.23. The van der Waals surface area contributed by atoms with Gasteiger partial charge in [0.1, 0.15) is 11.5 Å². The Kier molecular flexibility index (Phi) is 7.76. The van der Waals surface area contributed by atoms with E-state index in [0.717, 1.165) is 35.1 Å². The fourth-order valence-electron chi connectivity index (χ4n) is 2.79. The molecule has 4 nitrogen and oxygen atoms in total. The van der Waals surface area contributed by atoms with Gasteiger partial charge in [0.15, 0.2) is 0 Å². The highest BCUT2D eigenvalue weighted by Gasteiger charge is 2.13. The van der Waals surface area contributed by atoms with Crippen molar-refractivity contribution in [2.45, 2.75) is 39.5 Å². The molecule has 0 aliphatic carbocycles. The van der Waals surface area contributed by atoms with Gasteiger partial charge in [-0.15, -0.1) is 13.2 Å². The second kappa shape index (κ2) is 10.3. The van der Waals surface area contributed by atoms with Crippen LogP contribution in [-0.4, -0.2) is 11.9 Å². The monoisotopic (exact) mass is 378 g/mol. The SMILES string of the molecule is C=CCc1ccc(OC(=O)CCC(=O)Oc2ccc(CC=C)cc2C)c(C)c1. The number of esters is 2. The normalized spacial score (nSPS) is 10.2. The molecule has 2 rings (SSSR count). The molecule has 0 atom stereocenters. The number of hydrogen-bond donors (Lipinski definition) is 0. The summed E-state index contributed by atoms with van der Waals surface area (Å²) in [6, 6.07) is 11.2. The van der Waals surface area contributed by atoms with E-state index in [-0.39, 0.29) is 12.8 Å². The van der Waals surface area contributed by atoms with Gasteiger partial charge in [-0.25, -0.2) is 0 Å². The third-order valence-corrected chi connectivity index (χ3v) is 4.22. The summed E-state index contributed by atoms with van der Waals surface area (Å²) in [6.45, 7) is 11.2. The van der Waals surface area contributed by atoms with Crippen LogP contribution >= 0.6 is 0 Å². The van der Waals surface area contributed by atoms with Gasteiger partial charge in [-0.1, -0.05) is 36.4 Å². The van der Waals surface area contributed by atoms with E-state index in [1.54, 1.807) is 12.1 Å². The van der Waals surface area contributed by atoms with Crippen LogP contribution in [0.5, 0.6) is 11.5 Å². The molecule has 2 aromatic rings. The highest BCUT2D eigenvalue weighted by atomic mass is 16.5. The zero-order chi connectivity index (χ0) is 20.5. The van der Waals surface area contributed by atoms with Crippen LogP contribution in [0.2, 0.25) is 0 Å². The first kappa shape index (κ1) is 21.2. The van der Waals surface area contributed by atoms with Gasteiger partial charge >= 0.3 is 11.9 Å². The molecule has 0 heterocycles. The molecule has 0 amide bonds. The molecule has 28 heavy (non-hydrogen) atoms. The number of benzene rings is 2. The summed E-state index contributed by atoms with van der Waals surface area (Å²) in [7, 11) is 0. The van der Waals surface area contributed by atoms with Crippen molar-refractivity contribution < 1.29 is 19.1 Å². The van der Waals surface area contributed by atoms with Crippen LogP contribution in [0.25, 0.3) is 0 Å². The molecule has 0 saturated carbocycles. The fourth-order valence-corrected chi connectivity index (χ4v) is 2.79. The summed E-state index contributed by atoms with van der Waals surface area (Å²) in [6.07, 6.45) is 5.08. The molecule has 0 aliphatic heterocycles. The molecule has 2 aromatic carbocycles. The van der Waals surface area contributed by atoms with Gasteiger partial charge in [-0.05, 0) is 61.1 Å². The van der Waals surface area contributed by atoms with Gasteiger partial charge in [-0.3, -0.25) is 9.59 Å². The standard InChI is InChI=1S/C24H26O4/c1-5-7-19-9-11-21(17(3)15-19)27-23(25)13-14-24(26)28-22-12-10-20(8-6-2)16-18(22)4/h5-6,9-12,15-16H,1-2,7-8,13-14H2,3-4H3. The number of carbonyl (C=O) groups is 2. The van der Waals surface area contributed by atoms with Gasteiger partial charge < -0.3 is 9.47 Å². The van der Waals surface area contributed by atoms with E-state index < -0.39 is 11.9 Å². The van der Waals surface area contributed by atoms with E-state index in [1.807, 2.05) is 50.3 Å². The molecule has 0 spiro atoms. The number of carbonyl (C=O) groups excluding carboxylic acids is 2. The van der Waals surface area contributed by atoms with Crippen LogP contribution in [0.3, 0.4) is 0 Å². The number of aryl methyl sites for hydroxylation is 2. The Morgan fingerprint density at radius 3 is 1.50 bits per heavy atom.